The average Bonchev–Trinajstić information content (AvgIpc) is 2.35. The van der Waals surface area contributed by atoms with Gasteiger partial charge in [-0.3, -0.25) is 0 Å². The minimum Gasteiger partial charge on any atom is -0.396 e. The SMILES string of the molecule is CC(C)C(CO)CNCC(C)(C)C1CCCCC1. The molecule has 0 amide bonds. The van der Waals surface area contributed by atoms with E-state index in [4.69, 9.17) is 0 Å². The van der Waals surface area contributed by atoms with E-state index in [9.17, 15) is 5.11 Å². The quantitative estimate of drug-likeness (QED) is 0.730. The van der Waals surface area contributed by atoms with Crippen LogP contribution in [-0.2, 0) is 0 Å². The second-order valence-corrected chi connectivity index (χ2v) is 7.14. The van der Waals surface area contributed by atoms with Crippen molar-refractivity contribution in [1.29, 1.82) is 0 Å². The minimum absolute atomic E-state index is 0.300. The van der Waals surface area contributed by atoms with Crippen LogP contribution < -0.4 is 5.32 Å². The fourth-order valence-corrected chi connectivity index (χ4v) is 3.12. The fraction of sp³-hybridized carbons (Fsp3) is 1.00. The summed E-state index contributed by atoms with van der Waals surface area (Å²) in [7, 11) is 0. The Morgan fingerprint density at radius 1 is 1.17 bits per heavy atom. The molecule has 1 saturated carbocycles. The molecule has 0 heterocycles. The van der Waals surface area contributed by atoms with Crippen molar-refractivity contribution in [1.82, 2.24) is 5.32 Å². The third-order valence-electron chi connectivity index (χ3n) is 4.87. The van der Waals surface area contributed by atoms with E-state index in [2.05, 4.69) is 33.0 Å². The molecule has 1 aliphatic carbocycles. The monoisotopic (exact) mass is 255 g/mol. The van der Waals surface area contributed by atoms with E-state index in [1.54, 1.807) is 0 Å². The minimum atomic E-state index is 0.300. The van der Waals surface area contributed by atoms with Crippen LogP contribution in [0.1, 0.15) is 59.8 Å². The molecular weight excluding hydrogens is 222 g/mol. The van der Waals surface area contributed by atoms with E-state index in [1.165, 1.54) is 32.1 Å². The Kier molecular flexibility index (Phi) is 6.65. The van der Waals surface area contributed by atoms with Gasteiger partial charge in [-0.2, -0.15) is 0 Å². The molecule has 18 heavy (non-hydrogen) atoms. The van der Waals surface area contributed by atoms with Crippen molar-refractivity contribution >= 4 is 0 Å². The molecule has 1 unspecified atom stereocenters. The van der Waals surface area contributed by atoms with Crippen molar-refractivity contribution < 1.29 is 5.11 Å². The molecule has 0 aromatic carbocycles. The number of nitrogens with one attached hydrogen (secondary N) is 1. The second kappa shape index (κ2) is 7.49. The Bertz CT molecular complexity index is 219. The maximum Gasteiger partial charge on any atom is 0.0473 e. The standard InChI is InChI=1S/C16H33NO/c1-13(2)14(11-18)10-17-12-16(3,4)15-8-6-5-7-9-15/h13-15,17-18H,5-12H2,1-4H3. The summed E-state index contributed by atoms with van der Waals surface area (Å²) in [6.07, 6.45) is 7.07. The van der Waals surface area contributed by atoms with Gasteiger partial charge in [-0.1, -0.05) is 47.0 Å². The van der Waals surface area contributed by atoms with Crippen molar-refractivity contribution in [3.05, 3.63) is 0 Å². The maximum atomic E-state index is 9.33. The first-order chi connectivity index (χ1) is 8.47. The molecule has 2 heteroatoms. The van der Waals surface area contributed by atoms with Gasteiger partial charge in [0.2, 0.25) is 0 Å². The van der Waals surface area contributed by atoms with Crippen molar-refractivity contribution in [2.24, 2.45) is 23.2 Å². The lowest BCUT2D eigenvalue weighted by Gasteiger charge is -2.37. The molecule has 0 aromatic heterocycles. The number of aliphatic hydroxyl groups is 1. The van der Waals surface area contributed by atoms with Crippen LogP contribution in [0.15, 0.2) is 0 Å². The highest BCUT2D eigenvalue weighted by molar-refractivity contribution is 4.83. The molecule has 1 rings (SSSR count). The number of hydrogen-bond donors (Lipinski definition) is 2. The van der Waals surface area contributed by atoms with Crippen LogP contribution in [0.3, 0.4) is 0 Å². The van der Waals surface area contributed by atoms with Gasteiger partial charge < -0.3 is 10.4 Å². The van der Waals surface area contributed by atoms with Crippen molar-refractivity contribution in [2.75, 3.05) is 19.7 Å². The zero-order chi connectivity index (χ0) is 13.6. The lowest BCUT2D eigenvalue weighted by Crippen LogP contribution is -2.39. The van der Waals surface area contributed by atoms with Crippen LogP contribution in [-0.4, -0.2) is 24.8 Å². The Balaban J connectivity index is 2.31. The first-order valence-corrected chi connectivity index (χ1v) is 7.79. The van der Waals surface area contributed by atoms with E-state index >= 15 is 0 Å². The summed E-state index contributed by atoms with van der Waals surface area (Å²) >= 11 is 0. The van der Waals surface area contributed by atoms with E-state index in [0.29, 0.717) is 23.9 Å². The Labute approximate surface area is 114 Å². The Morgan fingerprint density at radius 2 is 1.78 bits per heavy atom. The van der Waals surface area contributed by atoms with Gasteiger partial charge in [0.25, 0.3) is 0 Å². The normalized spacial score (nSPS) is 20.3. The number of aliphatic hydroxyl groups excluding tert-OH is 1. The lowest BCUT2D eigenvalue weighted by atomic mass is 9.71. The smallest absolute Gasteiger partial charge is 0.0473 e. The molecular formula is C16H33NO. The first kappa shape index (κ1) is 16.0. The van der Waals surface area contributed by atoms with Crippen molar-refractivity contribution in [2.45, 2.75) is 59.8 Å². The van der Waals surface area contributed by atoms with Gasteiger partial charge in [-0.05, 0) is 36.0 Å². The highest BCUT2D eigenvalue weighted by atomic mass is 16.3. The Morgan fingerprint density at radius 3 is 2.28 bits per heavy atom. The van der Waals surface area contributed by atoms with Crippen LogP contribution in [0.4, 0.5) is 0 Å². The van der Waals surface area contributed by atoms with Gasteiger partial charge in [-0.25, -0.2) is 0 Å². The van der Waals surface area contributed by atoms with Gasteiger partial charge in [-0.15, -0.1) is 0 Å². The molecule has 0 radical (unpaired) electrons. The average molecular weight is 255 g/mol. The molecule has 0 bridgehead atoms. The molecule has 2 nitrogen and oxygen atoms in total. The van der Waals surface area contributed by atoms with E-state index in [1.807, 2.05) is 0 Å². The molecule has 1 fully saturated rings. The van der Waals surface area contributed by atoms with Crippen LogP contribution in [0.2, 0.25) is 0 Å². The summed E-state index contributed by atoms with van der Waals surface area (Å²) < 4.78 is 0. The predicted molar refractivity (Wildman–Crippen MR) is 78.6 cm³/mol. The van der Waals surface area contributed by atoms with E-state index in [-0.39, 0.29) is 0 Å². The summed E-state index contributed by atoms with van der Waals surface area (Å²) in [5, 5.41) is 12.9. The zero-order valence-electron chi connectivity index (χ0n) is 12.8. The topological polar surface area (TPSA) is 32.3 Å². The van der Waals surface area contributed by atoms with Crippen LogP contribution >= 0.6 is 0 Å². The van der Waals surface area contributed by atoms with Crippen molar-refractivity contribution in [3.63, 3.8) is 0 Å². The molecule has 1 atom stereocenters. The lowest BCUT2D eigenvalue weighted by molar-refractivity contribution is 0.141. The van der Waals surface area contributed by atoms with Gasteiger partial charge >= 0.3 is 0 Å². The first-order valence-electron chi connectivity index (χ1n) is 7.79. The molecule has 1 aliphatic rings. The van der Waals surface area contributed by atoms with Gasteiger partial charge in [0.15, 0.2) is 0 Å². The fourth-order valence-electron chi connectivity index (χ4n) is 3.12. The molecule has 108 valence electrons. The van der Waals surface area contributed by atoms with E-state index < -0.39 is 0 Å². The zero-order valence-corrected chi connectivity index (χ0v) is 12.8. The van der Waals surface area contributed by atoms with Gasteiger partial charge in [0.05, 0.1) is 0 Å². The molecule has 0 aromatic rings. The third kappa shape index (κ3) is 4.89. The largest absolute Gasteiger partial charge is 0.396 e. The van der Waals surface area contributed by atoms with E-state index in [0.717, 1.165) is 19.0 Å². The third-order valence-corrected chi connectivity index (χ3v) is 4.87. The molecule has 0 aliphatic heterocycles. The van der Waals surface area contributed by atoms with Crippen LogP contribution in [0, 0.1) is 23.2 Å². The summed E-state index contributed by atoms with van der Waals surface area (Å²) in [5.74, 6) is 1.83. The maximum absolute atomic E-state index is 9.33. The second-order valence-electron chi connectivity index (χ2n) is 7.14. The summed E-state index contributed by atoms with van der Waals surface area (Å²) in [6, 6.07) is 0. The van der Waals surface area contributed by atoms with Gasteiger partial charge in [0, 0.05) is 19.7 Å². The molecule has 2 N–H and O–H groups in total. The molecule has 0 saturated heterocycles. The molecule has 0 spiro atoms. The highest BCUT2D eigenvalue weighted by Crippen LogP contribution is 2.37. The predicted octanol–water partition coefficient (Wildman–Crippen LogP) is 3.45. The summed E-state index contributed by atoms with van der Waals surface area (Å²) in [4.78, 5) is 0. The number of hydrogen-bond acceptors (Lipinski definition) is 2. The highest BCUT2D eigenvalue weighted by Gasteiger charge is 2.30. The van der Waals surface area contributed by atoms with Crippen molar-refractivity contribution in [3.8, 4) is 0 Å². The summed E-state index contributed by atoms with van der Waals surface area (Å²) in [5.41, 5.74) is 0.400. The Hall–Kier alpha value is -0.0800. The number of rotatable bonds is 7. The van der Waals surface area contributed by atoms with Crippen LogP contribution in [0.25, 0.3) is 0 Å². The van der Waals surface area contributed by atoms with Gasteiger partial charge in [0.1, 0.15) is 0 Å². The summed E-state index contributed by atoms with van der Waals surface area (Å²) in [6.45, 7) is 11.5. The van der Waals surface area contributed by atoms with Crippen LogP contribution in [0.5, 0.6) is 0 Å².